The number of thiol groups is 1. The van der Waals surface area contributed by atoms with Crippen LogP contribution in [0.4, 0.5) is 0 Å². The smallest absolute Gasteiger partial charge is 0.106 e. The van der Waals surface area contributed by atoms with Gasteiger partial charge in [0.2, 0.25) is 0 Å². The molecule has 0 aliphatic rings. The lowest BCUT2D eigenvalue weighted by Crippen LogP contribution is -2.17. The second-order valence-corrected chi connectivity index (χ2v) is 4.45. The van der Waals surface area contributed by atoms with E-state index in [9.17, 15) is 14.3 Å². The molecular weight excluding hydrogens is 118 g/mol. The van der Waals surface area contributed by atoms with E-state index in [-0.39, 0.29) is 0 Å². The summed E-state index contributed by atoms with van der Waals surface area (Å²) >= 11 is 0. The molecular formula is C2H7NO3S. The lowest BCUT2D eigenvalue weighted by atomic mass is 11.9. The number of rotatable bonds is 1. The standard InChI is InChI=1S/C2H7NO3S/c1-7(2,6)3(4)5/h7H,1-2H3. The maximum absolute atomic E-state index is 10.2. The molecule has 0 rings (SSSR count). The summed E-state index contributed by atoms with van der Waals surface area (Å²) in [4.78, 5) is 9.56. The van der Waals surface area contributed by atoms with Gasteiger partial charge in [-0.05, 0) is 0 Å². The van der Waals surface area contributed by atoms with Gasteiger partial charge in [-0.2, -0.15) is 0 Å². The molecule has 0 radical (unpaired) electrons. The van der Waals surface area contributed by atoms with Crippen LogP contribution in [0.1, 0.15) is 0 Å². The zero-order valence-electron chi connectivity index (χ0n) is 4.12. The third-order valence-electron chi connectivity index (χ3n) is 0.393. The van der Waals surface area contributed by atoms with Gasteiger partial charge in [0.25, 0.3) is 0 Å². The molecule has 0 aliphatic carbocycles. The molecule has 5 heteroatoms. The predicted molar refractivity (Wildman–Crippen MR) is 28.4 cm³/mol. The molecule has 0 spiro atoms. The fraction of sp³-hybridized carbons (Fsp3) is 1.00. The van der Waals surface area contributed by atoms with Gasteiger partial charge >= 0.3 is 0 Å². The fourth-order valence-electron chi connectivity index (χ4n) is 0. The van der Waals surface area contributed by atoms with E-state index in [0.29, 0.717) is 0 Å². The summed E-state index contributed by atoms with van der Waals surface area (Å²) < 4.78 is 9.46. The largest absolute Gasteiger partial charge is 0.251 e. The van der Waals surface area contributed by atoms with E-state index in [1.165, 1.54) is 0 Å². The second kappa shape index (κ2) is 1.57. The molecule has 0 saturated carbocycles. The number of hydrogen-bond acceptors (Lipinski definition) is 3. The van der Waals surface area contributed by atoms with Crippen LogP contribution < -0.4 is 0 Å². The van der Waals surface area contributed by atoms with E-state index in [1.54, 1.807) is 0 Å². The van der Waals surface area contributed by atoms with Gasteiger partial charge in [-0.15, -0.1) is 0 Å². The predicted octanol–water partition coefficient (Wildman–Crippen LogP) is -0.546. The van der Waals surface area contributed by atoms with Crippen molar-refractivity contribution in [1.29, 1.82) is 0 Å². The van der Waals surface area contributed by atoms with Crippen molar-refractivity contribution < 1.29 is 8.54 Å². The number of nitro groups is 1. The normalized spacial score (nSPS) is 13.4. The SMILES string of the molecule is C[SH](C)(=O)[N+](=O)[O-]. The minimum atomic E-state index is -3.02. The topological polar surface area (TPSA) is 60.2 Å². The fourth-order valence-corrected chi connectivity index (χ4v) is 0. The zero-order chi connectivity index (χ0) is 6.08. The van der Waals surface area contributed by atoms with Crippen LogP contribution in [0.15, 0.2) is 0 Å². The van der Waals surface area contributed by atoms with Gasteiger partial charge in [0.1, 0.15) is 10.1 Å². The van der Waals surface area contributed by atoms with Gasteiger partial charge in [0, 0.05) is 12.5 Å². The van der Waals surface area contributed by atoms with Gasteiger partial charge in [0.05, 0.1) is 4.33 Å². The van der Waals surface area contributed by atoms with E-state index in [2.05, 4.69) is 0 Å². The third kappa shape index (κ3) is 2.27. The summed E-state index contributed by atoms with van der Waals surface area (Å²) in [6.07, 6.45) is 2.24. The zero-order valence-corrected chi connectivity index (χ0v) is 5.01. The average molecular weight is 125 g/mol. The molecule has 0 heterocycles. The summed E-state index contributed by atoms with van der Waals surface area (Å²) in [6, 6.07) is 0. The van der Waals surface area contributed by atoms with Crippen LogP contribution in [-0.2, 0) is 10.1 Å². The van der Waals surface area contributed by atoms with Crippen molar-refractivity contribution in [2.45, 2.75) is 0 Å². The Morgan fingerprint density at radius 3 is 1.71 bits per heavy atom. The number of hydrogen-bond donors (Lipinski definition) is 1. The Morgan fingerprint density at radius 1 is 1.57 bits per heavy atom. The molecule has 7 heavy (non-hydrogen) atoms. The summed E-state index contributed by atoms with van der Waals surface area (Å²) in [5.41, 5.74) is 0. The van der Waals surface area contributed by atoms with E-state index in [1.807, 2.05) is 0 Å². The Kier molecular flexibility index (Phi) is 1.47. The van der Waals surface area contributed by atoms with Crippen LogP contribution in [0, 0.1) is 10.1 Å². The molecule has 0 amide bonds. The molecule has 0 aromatic carbocycles. The molecule has 0 aromatic rings. The van der Waals surface area contributed by atoms with Gasteiger partial charge < -0.3 is 0 Å². The van der Waals surface area contributed by atoms with E-state index < -0.39 is 14.4 Å². The molecule has 0 fully saturated rings. The Morgan fingerprint density at radius 2 is 1.71 bits per heavy atom. The molecule has 0 aliphatic heterocycles. The highest BCUT2D eigenvalue weighted by Crippen LogP contribution is 1.89. The Balaban J connectivity index is 4.09. The molecule has 4 nitrogen and oxygen atoms in total. The van der Waals surface area contributed by atoms with Crippen LogP contribution in [0.2, 0.25) is 0 Å². The minimum Gasteiger partial charge on any atom is -0.251 e. The van der Waals surface area contributed by atoms with Crippen LogP contribution in [0.3, 0.4) is 0 Å². The van der Waals surface area contributed by atoms with Crippen molar-refractivity contribution in [3.8, 4) is 0 Å². The first-order valence-corrected chi connectivity index (χ1v) is 4.20. The lowest BCUT2D eigenvalue weighted by molar-refractivity contribution is -0.301. The second-order valence-electron chi connectivity index (χ2n) is 1.53. The van der Waals surface area contributed by atoms with Crippen molar-refractivity contribution in [3.05, 3.63) is 10.1 Å². The molecule has 0 N–H and O–H groups in total. The summed E-state index contributed by atoms with van der Waals surface area (Å²) in [5.74, 6) is 0. The van der Waals surface area contributed by atoms with E-state index in [0.717, 1.165) is 12.5 Å². The minimum absolute atomic E-state index is 0.757. The summed E-state index contributed by atoms with van der Waals surface area (Å²) in [6.45, 7) is 0. The molecule has 0 bridgehead atoms. The van der Waals surface area contributed by atoms with Crippen molar-refractivity contribution in [3.63, 3.8) is 0 Å². The van der Waals surface area contributed by atoms with Crippen molar-refractivity contribution in [2.75, 3.05) is 12.5 Å². The first-order chi connectivity index (χ1) is 2.94. The van der Waals surface area contributed by atoms with Crippen LogP contribution in [0.25, 0.3) is 0 Å². The Labute approximate surface area is 42.2 Å². The molecule has 0 unspecified atom stereocenters. The molecule has 0 saturated heterocycles. The lowest BCUT2D eigenvalue weighted by Gasteiger charge is -1.98. The maximum atomic E-state index is 10.2. The van der Waals surface area contributed by atoms with Crippen LogP contribution >= 0.6 is 0 Å². The number of nitrogens with zero attached hydrogens (tertiary/aromatic N) is 1. The van der Waals surface area contributed by atoms with Gasteiger partial charge in [-0.1, -0.05) is 0 Å². The average Bonchev–Trinajstić information content (AvgIpc) is 1.31. The quantitative estimate of drug-likeness (QED) is 0.291. The highest BCUT2D eigenvalue weighted by Gasteiger charge is 2.07. The Hall–Kier alpha value is -0.450. The van der Waals surface area contributed by atoms with Crippen molar-refractivity contribution in [1.82, 2.24) is 0 Å². The molecule has 44 valence electrons. The van der Waals surface area contributed by atoms with E-state index >= 15 is 0 Å². The maximum Gasteiger partial charge on any atom is 0.106 e. The van der Waals surface area contributed by atoms with Crippen LogP contribution in [0.5, 0.6) is 0 Å². The third-order valence-corrected chi connectivity index (χ3v) is 1.18. The highest BCUT2D eigenvalue weighted by molar-refractivity contribution is 7.96. The summed E-state index contributed by atoms with van der Waals surface area (Å²) in [7, 11) is -3.02. The van der Waals surface area contributed by atoms with E-state index in [4.69, 9.17) is 0 Å². The summed E-state index contributed by atoms with van der Waals surface area (Å²) in [5, 5.41) is 9.56. The Bertz CT molecular complexity index is 125. The molecule has 0 aromatic heterocycles. The van der Waals surface area contributed by atoms with Gasteiger partial charge in [-0.25, -0.2) is 4.21 Å². The van der Waals surface area contributed by atoms with Crippen LogP contribution in [-0.4, -0.2) is 21.0 Å². The van der Waals surface area contributed by atoms with Crippen molar-refractivity contribution in [2.24, 2.45) is 0 Å². The first-order valence-electron chi connectivity index (χ1n) is 1.64. The first kappa shape index (κ1) is 6.55. The monoisotopic (exact) mass is 125 g/mol. The van der Waals surface area contributed by atoms with Gasteiger partial charge in [0.15, 0.2) is 0 Å². The molecule has 0 atom stereocenters. The van der Waals surface area contributed by atoms with Crippen molar-refractivity contribution >= 4 is 10.1 Å². The van der Waals surface area contributed by atoms with Gasteiger partial charge in [-0.3, -0.25) is 10.1 Å². The highest BCUT2D eigenvalue weighted by atomic mass is 32.3.